The van der Waals surface area contributed by atoms with E-state index in [9.17, 15) is 4.79 Å². The Morgan fingerprint density at radius 3 is 2.69 bits per heavy atom. The molecule has 13 heavy (non-hydrogen) atoms. The van der Waals surface area contributed by atoms with Crippen molar-refractivity contribution < 1.29 is 14.8 Å². The summed E-state index contributed by atoms with van der Waals surface area (Å²) in [6, 6.07) is 4.70. The second-order valence-corrected chi connectivity index (χ2v) is 2.62. The van der Waals surface area contributed by atoms with Crippen molar-refractivity contribution in [3.63, 3.8) is 0 Å². The van der Waals surface area contributed by atoms with Gasteiger partial charge >= 0.3 is 7.12 Å². The largest absolute Gasteiger partial charge is 0.488 e. The van der Waals surface area contributed by atoms with Crippen molar-refractivity contribution in [2.24, 2.45) is 4.99 Å². The van der Waals surface area contributed by atoms with Gasteiger partial charge in [0, 0.05) is 0 Å². The first-order valence-electron chi connectivity index (χ1n) is 3.69. The van der Waals surface area contributed by atoms with Crippen LogP contribution in [0.5, 0.6) is 0 Å². The Morgan fingerprint density at radius 1 is 1.46 bits per heavy atom. The normalized spacial score (nSPS) is 9.15. The lowest BCUT2D eigenvalue weighted by molar-refractivity contribution is 0.425. The van der Waals surface area contributed by atoms with Crippen molar-refractivity contribution in [2.75, 3.05) is 0 Å². The summed E-state index contributed by atoms with van der Waals surface area (Å²) in [5.74, 6) is 0. The van der Waals surface area contributed by atoms with Crippen LogP contribution in [0, 0.1) is 6.92 Å². The van der Waals surface area contributed by atoms with Crippen molar-refractivity contribution in [3.05, 3.63) is 23.8 Å². The van der Waals surface area contributed by atoms with Crippen LogP contribution in [-0.4, -0.2) is 23.2 Å². The van der Waals surface area contributed by atoms with Crippen LogP contribution in [-0.2, 0) is 4.79 Å². The minimum Gasteiger partial charge on any atom is -0.423 e. The van der Waals surface area contributed by atoms with Crippen LogP contribution in [0.2, 0.25) is 0 Å². The number of aryl methyl sites for hydroxylation is 1. The van der Waals surface area contributed by atoms with Gasteiger partial charge in [-0.25, -0.2) is 4.79 Å². The van der Waals surface area contributed by atoms with Gasteiger partial charge in [-0.05, 0) is 24.5 Å². The Labute approximate surface area is 75.7 Å². The summed E-state index contributed by atoms with van der Waals surface area (Å²) < 4.78 is 0. The fourth-order valence-electron chi connectivity index (χ4n) is 1.03. The summed E-state index contributed by atoms with van der Waals surface area (Å²) in [6.45, 7) is 1.74. The maximum Gasteiger partial charge on any atom is 0.488 e. The van der Waals surface area contributed by atoms with E-state index >= 15 is 0 Å². The van der Waals surface area contributed by atoms with E-state index in [2.05, 4.69) is 4.99 Å². The number of carbonyl (C=O) groups excluding carboxylic acids is 1. The Morgan fingerprint density at radius 2 is 2.15 bits per heavy atom. The lowest BCUT2D eigenvalue weighted by Crippen LogP contribution is -2.31. The molecule has 1 aromatic carbocycles. The second-order valence-electron chi connectivity index (χ2n) is 2.62. The molecule has 0 saturated heterocycles. The third-order valence-electron chi connectivity index (χ3n) is 1.72. The molecule has 1 rings (SSSR count). The molecule has 2 N–H and O–H groups in total. The van der Waals surface area contributed by atoms with Crippen LogP contribution in [0.4, 0.5) is 5.69 Å². The highest BCUT2D eigenvalue weighted by atomic mass is 16.4. The van der Waals surface area contributed by atoms with Crippen LogP contribution < -0.4 is 5.46 Å². The molecule has 0 aliphatic rings. The van der Waals surface area contributed by atoms with Gasteiger partial charge in [-0.1, -0.05) is 11.6 Å². The van der Waals surface area contributed by atoms with E-state index in [-0.39, 0.29) is 0 Å². The molecular formula is C8H8BNO3. The fourth-order valence-corrected chi connectivity index (χ4v) is 1.03. The van der Waals surface area contributed by atoms with Gasteiger partial charge in [0.15, 0.2) is 0 Å². The average Bonchev–Trinajstić information content (AvgIpc) is 2.08. The first-order valence-corrected chi connectivity index (χ1v) is 3.69. The number of isocyanates is 1. The molecule has 0 aliphatic heterocycles. The number of rotatable bonds is 2. The molecule has 0 radical (unpaired) electrons. The molecule has 5 heteroatoms. The zero-order valence-electron chi connectivity index (χ0n) is 7.06. The monoisotopic (exact) mass is 177 g/mol. The molecule has 1 aromatic rings. The molecule has 0 spiro atoms. The van der Waals surface area contributed by atoms with E-state index in [4.69, 9.17) is 10.0 Å². The molecule has 0 heterocycles. The molecular weight excluding hydrogens is 169 g/mol. The first-order chi connectivity index (χ1) is 6.15. The quantitative estimate of drug-likeness (QED) is 0.368. The predicted molar refractivity (Wildman–Crippen MR) is 48.8 cm³/mol. The number of hydrogen-bond donors (Lipinski definition) is 2. The summed E-state index contributed by atoms with van der Waals surface area (Å²) in [5, 5.41) is 17.8. The van der Waals surface area contributed by atoms with Gasteiger partial charge in [-0.2, -0.15) is 4.99 Å². The van der Waals surface area contributed by atoms with E-state index in [1.54, 1.807) is 19.1 Å². The zero-order valence-corrected chi connectivity index (χ0v) is 7.06. The van der Waals surface area contributed by atoms with E-state index in [1.165, 1.54) is 12.1 Å². The smallest absolute Gasteiger partial charge is 0.423 e. The molecule has 0 fully saturated rings. The predicted octanol–water partition coefficient (Wildman–Crippen LogP) is -0.358. The molecule has 0 saturated carbocycles. The number of hydrogen-bond acceptors (Lipinski definition) is 4. The average molecular weight is 177 g/mol. The highest BCUT2D eigenvalue weighted by Gasteiger charge is 2.13. The lowest BCUT2D eigenvalue weighted by atomic mass is 9.77. The fraction of sp³-hybridized carbons (Fsp3) is 0.125. The number of aliphatic imine (C=N–C) groups is 1. The van der Waals surface area contributed by atoms with Crippen LogP contribution in [0.1, 0.15) is 5.56 Å². The van der Waals surface area contributed by atoms with Crippen LogP contribution >= 0.6 is 0 Å². The summed E-state index contributed by atoms with van der Waals surface area (Å²) in [5.41, 5.74) is 1.44. The molecule has 4 nitrogen and oxygen atoms in total. The van der Waals surface area contributed by atoms with Gasteiger partial charge < -0.3 is 10.0 Å². The summed E-state index contributed by atoms with van der Waals surface area (Å²) in [7, 11) is -1.54. The molecule has 0 bridgehead atoms. The highest BCUT2D eigenvalue weighted by molar-refractivity contribution is 6.59. The van der Waals surface area contributed by atoms with Crippen LogP contribution in [0.3, 0.4) is 0 Å². The SMILES string of the molecule is Cc1ccc(N=C=O)cc1B(O)O. The molecule has 0 aliphatic carbocycles. The summed E-state index contributed by atoms with van der Waals surface area (Å²) >= 11 is 0. The number of nitrogens with zero attached hydrogens (tertiary/aromatic N) is 1. The Bertz CT molecular complexity index is 358. The number of benzene rings is 1. The Hall–Kier alpha value is -1.42. The highest BCUT2D eigenvalue weighted by Crippen LogP contribution is 2.09. The van der Waals surface area contributed by atoms with E-state index in [0.717, 1.165) is 5.56 Å². The molecule has 0 atom stereocenters. The second kappa shape index (κ2) is 4.00. The molecule has 0 unspecified atom stereocenters. The Kier molecular flexibility index (Phi) is 2.98. The topological polar surface area (TPSA) is 69.9 Å². The third-order valence-corrected chi connectivity index (χ3v) is 1.72. The van der Waals surface area contributed by atoms with Crippen molar-refractivity contribution in [3.8, 4) is 0 Å². The van der Waals surface area contributed by atoms with Gasteiger partial charge in [0.25, 0.3) is 0 Å². The Balaban J connectivity index is 3.18. The maximum atomic E-state index is 9.92. The minimum atomic E-state index is -1.54. The summed E-state index contributed by atoms with van der Waals surface area (Å²) in [6.07, 6.45) is 1.38. The van der Waals surface area contributed by atoms with Crippen LogP contribution in [0.15, 0.2) is 23.2 Å². The van der Waals surface area contributed by atoms with Crippen molar-refractivity contribution in [1.82, 2.24) is 0 Å². The minimum absolute atomic E-state index is 0.344. The first kappa shape index (κ1) is 9.67. The van der Waals surface area contributed by atoms with Crippen molar-refractivity contribution >= 4 is 24.3 Å². The molecule has 0 aromatic heterocycles. The molecule has 0 amide bonds. The van der Waals surface area contributed by atoms with E-state index < -0.39 is 7.12 Å². The van der Waals surface area contributed by atoms with Gasteiger partial charge in [0.1, 0.15) is 0 Å². The van der Waals surface area contributed by atoms with Gasteiger partial charge in [-0.3, -0.25) is 0 Å². The van der Waals surface area contributed by atoms with Gasteiger partial charge in [-0.15, -0.1) is 0 Å². The van der Waals surface area contributed by atoms with E-state index in [0.29, 0.717) is 11.2 Å². The van der Waals surface area contributed by atoms with E-state index in [1.807, 2.05) is 0 Å². The van der Waals surface area contributed by atoms with Crippen molar-refractivity contribution in [1.29, 1.82) is 0 Å². The summed E-state index contributed by atoms with van der Waals surface area (Å²) in [4.78, 5) is 13.3. The standard InChI is InChI=1S/C8H8BNO3/c1-6-2-3-7(10-5-11)4-8(6)9(12)13/h2-4,12-13H,1H3. The maximum absolute atomic E-state index is 9.92. The lowest BCUT2D eigenvalue weighted by Gasteiger charge is -2.03. The van der Waals surface area contributed by atoms with Gasteiger partial charge in [0.05, 0.1) is 5.69 Å². The third kappa shape index (κ3) is 2.26. The van der Waals surface area contributed by atoms with Crippen LogP contribution in [0.25, 0.3) is 0 Å². The zero-order chi connectivity index (χ0) is 9.84. The molecule has 66 valence electrons. The van der Waals surface area contributed by atoms with Crippen molar-refractivity contribution in [2.45, 2.75) is 6.92 Å². The van der Waals surface area contributed by atoms with Gasteiger partial charge in [0.2, 0.25) is 6.08 Å².